The quantitative estimate of drug-likeness (QED) is 0.319. The first-order valence-corrected chi connectivity index (χ1v) is 6.92. The summed E-state index contributed by atoms with van der Waals surface area (Å²) in [6, 6.07) is 0. The van der Waals surface area contributed by atoms with E-state index in [0.717, 1.165) is 5.92 Å². The molecule has 0 saturated carbocycles. The van der Waals surface area contributed by atoms with Gasteiger partial charge in [0.2, 0.25) is 0 Å². The Morgan fingerprint density at radius 1 is 0.800 bits per heavy atom. The van der Waals surface area contributed by atoms with Gasteiger partial charge in [-0.25, -0.2) is 0 Å². The smallest absolute Gasteiger partial charge is 0.0351 e. The molecule has 0 aromatic rings. The third-order valence-corrected chi connectivity index (χ3v) is 2.79. The standard InChI is InChI=1S/C15H30/c1-4-5-6-7-8-9-10-11-12-13-14-15(2)3/h7-8,15H,4-6,9-14H2,1-3H3/b8-7+. The van der Waals surface area contributed by atoms with Crippen molar-refractivity contribution in [2.75, 3.05) is 0 Å². The highest BCUT2D eigenvalue weighted by Crippen LogP contribution is 2.10. The zero-order valence-corrected chi connectivity index (χ0v) is 11.1. The summed E-state index contributed by atoms with van der Waals surface area (Å²) in [6.07, 6.45) is 17.1. The Morgan fingerprint density at radius 2 is 1.40 bits per heavy atom. The molecule has 0 radical (unpaired) electrons. The van der Waals surface area contributed by atoms with Crippen LogP contribution in [-0.2, 0) is 0 Å². The monoisotopic (exact) mass is 210 g/mol. The molecule has 0 saturated heterocycles. The van der Waals surface area contributed by atoms with Crippen LogP contribution in [0.25, 0.3) is 0 Å². The highest BCUT2D eigenvalue weighted by Gasteiger charge is 1.93. The Labute approximate surface area is 97.2 Å². The highest BCUT2D eigenvalue weighted by atomic mass is 14.0. The Hall–Kier alpha value is -0.260. The van der Waals surface area contributed by atoms with Crippen molar-refractivity contribution in [2.24, 2.45) is 5.92 Å². The van der Waals surface area contributed by atoms with Crippen LogP contribution in [0.5, 0.6) is 0 Å². The largest absolute Gasteiger partial charge is 0.0885 e. The molecule has 0 rings (SSSR count). The molecule has 0 aromatic carbocycles. The predicted molar refractivity (Wildman–Crippen MR) is 71.2 cm³/mol. The van der Waals surface area contributed by atoms with Crippen molar-refractivity contribution in [3.8, 4) is 0 Å². The minimum Gasteiger partial charge on any atom is -0.0885 e. The molecule has 0 amide bonds. The molecule has 0 heteroatoms. The van der Waals surface area contributed by atoms with Crippen LogP contribution in [0.3, 0.4) is 0 Å². The van der Waals surface area contributed by atoms with Crippen molar-refractivity contribution in [2.45, 2.75) is 78.6 Å². The molecule has 0 aliphatic carbocycles. The topological polar surface area (TPSA) is 0 Å². The van der Waals surface area contributed by atoms with E-state index >= 15 is 0 Å². The van der Waals surface area contributed by atoms with Crippen LogP contribution < -0.4 is 0 Å². The van der Waals surface area contributed by atoms with Crippen LogP contribution in [0.15, 0.2) is 12.2 Å². The van der Waals surface area contributed by atoms with E-state index in [9.17, 15) is 0 Å². The van der Waals surface area contributed by atoms with Crippen LogP contribution >= 0.6 is 0 Å². The average molecular weight is 210 g/mol. The summed E-state index contributed by atoms with van der Waals surface area (Å²) in [6.45, 7) is 6.88. The van der Waals surface area contributed by atoms with Gasteiger partial charge in [0, 0.05) is 0 Å². The summed E-state index contributed by atoms with van der Waals surface area (Å²) in [7, 11) is 0. The molecular formula is C15H30. The molecule has 0 N–H and O–H groups in total. The molecule has 0 bridgehead atoms. The van der Waals surface area contributed by atoms with Crippen LogP contribution in [-0.4, -0.2) is 0 Å². The molecule has 0 spiro atoms. The summed E-state index contributed by atoms with van der Waals surface area (Å²) in [5.41, 5.74) is 0. The molecule has 0 aliphatic rings. The van der Waals surface area contributed by atoms with Gasteiger partial charge in [0.1, 0.15) is 0 Å². The molecule has 0 nitrogen and oxygen atoms in total. The minimum absolute atomic E-state index is 0.888. The SMILES string of the molecule is CCCC/C=C/CCCCCCC(C)C. The molecular weight excluding hydrogens is 180 g/mol. The highest BCUT2D eigenvalue weighted by molar-refractivity contribution is 4.81. The van der Waals surface area contributed by atoms with Gasteiger partial charge >= 0.3 is 0 Å². The van der Waals surface area contributed by atoms with E-state index < -0.39 is 0 Å². The fraction of sp³-hybridized carbons (Fsp3) is 0.867. The summed E-state index contributed by atoms with van der Waals surface area (Å²) >= 11 is 0. The van der Waals surface area contributed by atoms with Gasteiger partial charge in [0.05, 0.1) is 0 Å². The lowest BCUT2D eigenvalue weighted by Gasteiger charge is -2.03. The summed E-state index contributed by atoms with van der Waals surface area (Å²) in [5, 5.41) is 0. The van der Waals surface area contributed by atoms with E-state index in [1.54, 1.807) is 0 Å². The fourth-order valence-electron chi connectivity index (χ4n) is 1.73. The lowest BCUT2D eigenvalue weighted by atomic mass is 10.0. The van der Waals surface area contributed by atoms with Crippen molar-refractivity contribution in [1.82, 2.24) is 0 Å². The lowest BCUT2D eigenvalue weighted by Crippen LogP contribution is -1.86. The van der Waals surface area contributed by atoms with E-state index in [0.29, 0.717) is 0 Å². The molecule has 0 atom stereocenters. The predicted octanol–water partition coefficient (Wildman–Crippen LogP) is 5.73. The van der Waals surface area contributed by atoms with Crippen LogP contribution in [0.4, 0.5) is 0 Å². The zero-order chi connectivity index (χ0) is 11.4. The lowest BCUT2D eigenvalue weighted by molar-refractivity contribution is 0.521. The second-order valence-corrected chi connectivity index (χ2v) is 5.00. The Kier molecular flexibility index (Phi) is 11.6. The van der Waals surface area contributed by atoms with E-state index in [-0.39, 0.29) is 0 Å². The van der Waals surface area contributed by atoms with Gasteiger partial charge in [-0.3, -0.25) is 0 Å². The van der Waals surface area contributed by atoms with E-state index in [1.165, 1.54) is 57.8 Å². The van der Waals surface area contributed by atoms with E-state index in [4.69, 9.17) is 0 Å². The number of hydrogen-bond donors (Lipinski definition) is 0. The van der Waals surface area contributed by atoms with Gasteiger partial charge in [-0.1, -0.05) is 71.4 Å². The van der Waals surface area contributed by atoms with Gasteiger partial charge < -0.3 is 0 Å². The van der Waals surface area contributed by atoms with Crippen molar-refractivity contribution < 1.29 is 0 Å². The van der Waals surface area contributed by atoms with Crippen molar-refractivity contribution in [3.63, 3.8) is 0 Å². The summed E-state index contributed by atoms with van der Waals surface area (Å²) < 4.78 is 0. The first-order chi connectivity index (χ1) is 7.27. The first kappa shape index (κ1) is 14.7. The van der Waals surface area contributed by atoms with Crippen LogP contribution in [0.2, 0.25) is 0 Å². The molecule has 0 aromatic heterocycles. The summed E-state index contributed by atoms with van der Waals surface area (Å²) in [5.74, 6) is 0.888. The Balaban J connectivity index is 3.01. The molecule has 0 aliphatic heterocycles. The van der Waals surface area contributed by atoms with E-state index in [1.807, 2.05) is 0 Å². The van der Waals surface area contributed by atoms with Gasteiger partial charge in [-0.2, -0.15) is 0 Å². The number of hydrogen-bond acceptors (Lipinski definition) is 0. The first-order valence-electron chi connectivity index (χ1n) is 6.92. The van der Waals surface area contributed by atoms with Crippen molar-refractivity contribution in [3.05, 3.63) is 12.2 Å². The molecule has 0 heterocycles. The van der Waals surface area contributed by atoms with Gasteiger partial charge in [-0.05, 0) is 25.2 Å². The maximum Gasteiger partial charge on any atom is -0.0351 e. The van der Waals surface area contributed by atoms with Gasteiger partial charge in [-0.15, -0.1) is 0 Å². The number of rotatable bonds is 10. The maximum atomic E-state index is 2.37. The number of unbranched alkanes of at least 4 members (excludes halogenated alkanes) is 6. The summed E-state index contributed by atoms with van der Waals surface area (Å²) in [4.78, 5) is 0. The third kappa shape index (κ3) is 13.7. The molecule has 0 fully saturated rings. The molecule has 15 heavy (non-hydrogen) atoms. The molecule has 0 unspecified atom stereocenters. The number of allylic oxidation sites excluding steroid dienone is 2. The van der Waals surface area contributed by atoms with Gasteiger partial charge in [0.25, 0.3) is 0 Å². The minimum atomic E-state index is 0.888. The van der Waals surface area contributed by atoms with Crippen LogP contribution in [0.1, 0.15) is 78.6 Å². The average Bonchev–Trinajstić information content (AvgIpc) is 2.20. The second kappa shape index (κ2) is 11.8. The van der Waals surface area contributed by atoms with Crippen molar-refractivity contribution in [1.29, 1.82) is 0 Å². The second-order valence-electron chi connectivity index (χ2n) is 5.00. The Bertz CT molecular complexity index is 133. The van der Waals surface area contributed by atoms with Crippen LogP contribution in [0, 0.1) is 5.92 Å². The van der Waals surface area contributed by atoms with E-state index in [2.05, 4.69) is 32.9 Å². The Morgan fingerprint density at radius 3 is 2.00 bits per heavy atom. The third-order valence-electron chi connectivity index (χ3n) is 2.79. The zero-order valence-electron chi connectivity index (χ0n) is 11.1. The normalized spacial score (nSPS) is 11.7. The van der Waals surface area contributed by atoms with Crippen molar-refractivity contribution >= 4 is 0 Å². The van der Waals surface area contributed by atoms with Gasteiger partial charge in [0.15, 0.2) is 0 Å². The maximum absolute atomic E-state index is 2.37. The fourth-order valence-corrected chi connectivity index (χ4v) is 1.73. The molecule has 90 valence electrons.